The van der Waals surface area contributed by atoms with Crippen molar-refractivity contribution >= 4 is 5.71 Å². The van der Waals surface area contributed by atoms with E-state index in [0.717, 1.165) is 28.4 Å². The van der Waals surface area contributed by atoms with Gasteiger partial charge in [0.15, 0.2) is 0 Å². The maximum absolute atomic E-state index is 8.95. The van der Waals surface area contributed by atoms with Crippen molar-refractivity contribution in [1.82, 2.24) is 9.38 Å². The summed E-state index contributed by atoms with van der Waals surface area (Å²) in [5.74, 6) is 1.49. The van der Waals surface area contributed by atoms with Gasteiger partial charge in [-0.3, -0.25) is 4.40 Å². The van der Waals surface area contributed by atoms with Gasteiger partial charge in [-0.05, 0) is 36.4 Å². The molecule has 2 aromatic carbocycles. The standard InChI is InChI=1S/C19H13N3O2/c1-23-16-5-3-2-4-15(16)17-19-22(10-11-24-19)18(21-17)14-8-6-13(12-20)7-9-14/h2-11H,1H3. The number of oxazole rings is 1. The number of nitriles is 1. The van der Waals surface area contributed by atoms with E-state index in [1.165, 1.54) is 0 Å². The molecule has 0 unspecified atom stereocenters. The van der Waals surface area contributed by atoms with Crippen LogP contribution < -0.4 is 4.74 Å². The molecule has 0 saturated heterocycles. The molecular formula is C19H13N3O2. The third-order valence-electron chi connectivity index (χ3n) is 3.89. The van der Waals surface area contributed by atoms with E-state index < -0.39 is 0 Å². The lowest BCUT2D eigenvalue weighted by Gasteiger charge is -2.04. The summed E-state index contributed by atoms with van der Waals surface area (Å²) in [5.41, 5.74) is 3.76. The van der Waals surface area contributed by atoms with Gasteiger partial charge in [-0.2, -0.15) is 5.26 Å². The van der Waals surface area contributed by atoms with Gasteiger partial charge >= 0.3 is 0 Å². The van der Waals surface area contributed by atoms with Crippen LogP contribution in [0.1, 0.15) is 5.56 Å². The Hall–Kier alpha value is -3.52. The number of ether oxygens (including phenoxy) is 1. The summed E-state index contributed by atoms with van der Waals surface area (Å²) in [4.78, 5) is 4.76. The molecule has 0 bridgehead atoms. The Bertz CT molecular complexity index is 1050. The molecule has 4 rings (SSSR count). The van der Waals surface area contributed by atoms with E-state index in [2.05, 4.69) is 6.07 Å². The monoisotopic (exact) mass is 315 g/mol. The number of aromatic nitrogens is 2. The minimum absolute atomic E-state index is 0.615. The molecule has 116 valence electrons. The second-order valence-corrected chi connectivity index (χ2v) is 5.25. The smallest absolute Gasteiger partial charge is 0.231 e. The molecule has 0 atom stereocenters. The first-order valence-electron chi connectivity index (χ1n) is 7.41. The second kappa shape index (κ2) is 5.60. The topological polar surface area (TPSA) is 63.5 Å². The van der Waals surface area contributed by atoms with Crippen molar-refractivity contribution in [3.05, 3.63) is 66.6 Å². The van der Waals surface area contributed by atoms with Crippen molar-refractivity contribution in [2.45, 2.75) is 0 Å². The second-order valence-electron chi connectivity index (χ2n) is 5.25. The van der Waals surface area contributed by atoms with Crippen molar-refractivity contribution in [1.29, 1.82) is 5.26 Å². The lowest BCUT2D eigenvalue weighted by Crippen LogP contribution is -1.88. The van der Waals surface area contributed by atoms with Crippen molar-refractivity contribution in [3.8, 4) is 34.5 Å². The first-order valence-corrected chi connectivity index (χ1v) is 7.41. The van der Waals surface area contributed by atoms with Crippen molar-refractivity contribution < 1.29 is 9.15 Å². The molecule has 0 aliphatic heterocycles. The van der Waals surface area contributed by atoms with Crippen LogP contribution in [0.5, 0.6) is 5.75 Å². The van der Waals surface area contributed by atoms with Crippen LogP contribution in [0.25, 0.3) is 28.4 Å². The molecule has 0 radical (unpaired) electrons. The number of benzene rings is 2. The van der Waals surface area contributed by atoms with Crippen molar-refractivity contribution in [2.75, 3.05) is 7.11 Å². The lowest BCUT2D eigenvalue weighted by atomic mass is 10.1. The fraction of sp³-hybridized carbons (Fsp3) is 0.0526. The Morgan fingerprint density at radius 2 is 1.92 bits per heavy atom. The van der Waals surface area contributed by atoms with Gasteiger partial charge in [-0.25, -0.2) is 4.98 Å². The maximum Gasteiger partial charge on any atom is 0.231 e. The van der Waals surface area contributed by atoms with Crippen molar-refractivity contribution in [3.63, 3.8) is 0 Å². The highest BCUT2D eigenvalue weighted by atomic mass is 16.5. The first-order chi connectivity index (χ1) is 11.8. The number of imidazole rings is 1. The predicted octanol–water partition coefficient (Wildman–Crippen LogP) is 4.14. The van der Waals surface area contributed by atoms with Crippen molar-refractivity contribution in [2.24, 2.45) is 0 Å². The maximum atomic E-state index is 8.95. The summed E-state index contributed by atoms with van der Waals surface area (Å²) in [6, 6.07) is 17.1. The largest absolute Gasteiger partial charge is 0.496 e. The summed E-state index contributed by atoms with van der Waals surface area (Å²) < 4.78 is 13.0. The number of nitrogens with zero attached hydrogens (tertiary/aromatic N) is 3. The molecular weight excluding hydrogens is 302 g/mol. The van der Waals surface area contributed by atoms with Crippen LogP contribution in [0.3, 0.4) is 0 Å². The third-order valence-corrected chi connectivity index (χ3v) is 3.89. The zero-order valence-electron chi connectivity index (χ0n) is 12.9. The zero-order chi connectivity index (χ0) is 16.5. The fourth-order valence-corrected chi connectivity index (χ4v) is 2.74. The van der Waals surface area contributed by atoms with Crippen LogP contribution in [-0.4, -0.2) is 16.5 Å². The minimum Gasteiger partial charge on any atom is -0.496 e. The Morgan fingerprint density at radius 3 is 2.67 bits per heavy atom. The molecule has 0 fully saturated rings. The molecule has 24 heavy (non-hydrogen) atoms. The molecule has 0 saturated carbocycles. The van der Waals surface area contributed by atoms with Gasteiger partial charge in [-0.1, -0.05) is 12.1 Å². The van der Waals surface area contributed by atoms with Gasteiger partial charge in [0, 0.05) is 17.3 Å². The zero-order valence-corrected chi connectivity index (χ0v) is 12.9. The molecule has 0 N–H and O–H groups in total. The van der Waals surface area contributed by atoms with Gasteiger partial charge in [0.25, 0.3) is 0 Å². The summed E-state index contributed by atoms with van der Waals surface area (Å²) in [7, 11) is 1.63. The van der Waals surface area contributed by atoms with E-state index in [0.29, 0.717) is 11.3 Å². The molecule has 2 heterocycles. The Labute approximate surface area is 138 Å². The van der Waals surface area contributed by atoms with E-state index >= 15 is 0 Å². The number of fused-ring (bicyclic) bond motifs is 1. The first kappa shape index (κ1) is 14.1. The molecule has 5 nitrogen and oxygen atoms in total. The van der Waals surface area contributed by atoms with Crippen LogP contribution in [0.15, 0.2) is 65.4 Å². The average Bonchev–Trinajstić information content (AvgIpc) is 3.24. The Morgan fingerprint density at radius 1 is 1.12 bits per heavy atom. The molecule has 2 aromatic heterocycles. The number of para-hydroxylation sites is 1. The van der Waals surface area contributed by atoms with Crippen LogP contribution in [0.2, 0.25) is 0 Å². The number of rotatable bonds is 3. The van der Waals surface area contributed by atoms with E-state index in [-0.39, 0.29) is 0 Å². The molecule has 0 amide bonds. The van der Waals surface area contributed by atoms with Gasteiger partial charge < -0.3 is 9.15 Å². The average molecular weight is 315 g/mol. The van der Waals surface area contributed by atoms with E-state index in [9.17, 15) is 0 Å². The number of hydrogen-bond donors (Lipinski definition) is 0. The summed E-state index contributed by atoms with van der Waals surface area (Å²) >= 11 is 0. The van der Waals surface area contributed by atoms with Gasteiger partial charge in [-0.15, -0.1) is 0 Å². The van der Waals surface area contributed by atoms with E-state index in [1.807, 2.05) is 47.0 Å². The summed E-state index contributed by atoms with van der Waals surface area (Å²) in [6.07, 6.45) is 3.46. The summed E-state index contributed by atoms with van der Waals surface area (Å²) in [6.45, 7) is 0. The molecule has 0 spiro atoms. The highest BCUT2D eigenvalue weighted by Crippen LogP contribution is 2.35. The highest BCUT2D eigenvalue weighted by molar-refractivity contribution is 5.81. The Kier molecular flexibility index (Phi) is 3.29. The van der Waals surface area contributed by atoms with E-state index in [1.54, 1.807) is 25.5 Å². The highest BCUT2D eigenvalue weighted by Gasteiger charge is 2.19. The third kappa shape index (κ3) is 2.13. The van der Waals surface area contributed by atoms with Gasteiger partial charge in [0.05, 0.1) is 18.7 Å². The fourth-order valence-electron chi connectivity index (χ4n) is 2.74. The van der Waals surface area contributed by atoms with Crippen LogP contribution >= 0.6 is 0 Å². The normalized spacial score (nSPS) is 10.7. The van der Waals surface area contributed by atoms with Gasteiger partial charge in [0.2, 0.25) is 5.71 Å². The predicted molar refractivity (Wildman–Crippen MR) is 89.6 cm³/mol. The minimum atomic E-state index is 0.615. The molecule has 4 aromatic rings. The van der Waals surface area contributed by atoms with Crippen LogP contribution in [0, 0.1) is 11.3 Å². The van der Waals surface area contributed by atoms with Crippen LogP contribution in [0.4, 0.5) is 0 Å². The van der Waals surface area contributed by atoms with Crippen LogP contribution in [-0.2, 0) is 0 Å². The van der Waals surface area contributed by atoms with E-state index in [4.69, 9.17) is 19.4 Å². The Balaban J connectivity index is 1.93. The molecule has 5 heteroatoms. The lowest BCUT2D eigenvalue weighted by molar-refractivity contribution is 0.416. The van der Waals surface area contributed by atoms with Gasteiger partial charge in [0.1, 0.15) is 23.5 Å². The number of methoxy groups -OCH3 is 1. The SMILES string of the molecule is COc1ccccc1-c1nc(-c2ccc(C#N)cc2)n2ccoc12. The molecule has 0 aliphatic rings. The molecule has 0 aliphatic carbocycles. The summed E-state index contributed by atoms with van der Waals surface area (Å²) in [5, 5.41) is 8.95. The quantitative estimate of drug-likeness (QED) is 0.570. The number of hydrogen-bond acceptors (Lipinski definition) is 4.